The van der Waals surface area contributed by atoms with Gasteiger partial charge in [-0.3, -0.25) is 4.79 Å². The highest BCUT2D eigenvalue weighted by Gasteiger charge is 2.29. The summed E-state index contributed by atoms with van der Waals surface area (Å²) in [5.41, 5.74) is 0. The molecule has 9 heteroatoms. The van der Waals surface area contributed by atoms with Gasteiger partial charge in [0, 0.05) is 56.7 Å². The SMILES string of the molecule is CC(C)OCCS(=O)(=O)N1CCN(C(=O)CC2CSCCN2)CC1. The van der Waals surface area contributed by atoms with Gasteiger partial charge in [-0.05, 0) is 13.8 Å². The fourth-order valence-electron chi connectivity index (χ4n) is 2.82. The number of hydrogen-bond donors (Lipinski definition) is 1. The predicted molar refractivity (Wildman–Crippen MR) is 96.8 cm³/mol. The van der Waals surface area contributed by atoms with Crippen LogP contribution in [0.25, 0.3) is 0 Å². The van der Waals surface area contributed by atoms with E-state index in [0.717, 1.165) is 18.1 Å². The number of carbonyl (C=O) groups excluding carboxylic acids is 1. The summed E-state index contributed by atoms with van der Waals surface area (Å²) in [5, 5.41) is 3.37. The topological polar surface area (TPSA) is 79.0 Å². The smallest absolute Gasteiger partial charge is 0.224 e. The molecule has 2 heterocycles. The Morgan fingerprint density at radius 3 is 2.58 bits per heavy atom. The van der Waals surface area contributed by atoms with Gasteiger partial charge in [-0.25, -0.2) is 8.42 Å². The maximum absolute atomic E-state index is 12.4. The summed E-state index contributed by atoms with van der Waals surface area (Å²) in [6.07, 6.45) is 0.531. The summed E-state index contributed by atoms with van der Waals surface area (Å²) < 4.78 is 31.4. The molecule has 2 aliphatic heterocycles. The minimum atomic E-state index is -3.30. The van der Waals surface area contributed by atoms with E-state index in [1.807, 2.05) is 25.6 Å². The zero-order valence-corrected chi connectivity index (χ0v) is 16.2. The van der Waals surface area contributed by atoms with Crippen molar-refractivity contribution in [3.8, 4) is 0 Å². The molecule has 24 heavy (non-hydrogen) atoms. The molecule has 0 aromatic heterocycles. The van der Waals surface area contributed by atoms with Crippen LogP contribution in [0.3, 0.4) is 0 Å². The van der Waals surface area contributed by atoms with Gasteiger partial charge in [0.15, 0.2) is 0 Å². The number of nitrogens with zero attached hydrogens (tertiary/aromatic N) is 2. The van der Waals surface area contributed by atoms with Crippen molar-refractivity contribution in [1.82, 2.24) is 14.5 Å². The van der Waals surface area contributed by atoms with E-state index in [4.69, 9.17) is 4.74 Å². The van der Waals surface area contributed by atoms with Crippen molar-refractivity contribution in [3.63, 3.8) is 0 Å². The van der Waals surface area contributed by atoms with Crippen LogP contribution in [0.4, 0.5) is 0 Å². The summed E-state index contributed by atoms with van der Waals surface area (Å²) in [5.74, 6) is 2.19. The third kappa shape index (κ3) is 6.18. The van der Waals surface area contributed by atoms with E-state index < -0.39 is 10.0 Å². The lowest BCUT2D eigenvalue weighted by molar-refractivity contribution is -0.132. The quantitative estimate of drug-likeness (QED) is 0.670. The van der Waals surface area contributed by atoms with Crippen molar-refractivity contribution >= 4 is 27.7 Å². The van der Waals surface area contributed by atoms with Crippen molar-refractivity contribution < 1.29 is 17.9 Å². The number of carbonyl (C=O) groups is 1. The number of nitrogens with one attached hydrogen (secondary N) is 1. The van der Waals surface area contributed by atoms with E-state index in [9.17, 15) is 13.2 Å². The molecule has 1 N–H and O–H groups in total. The molecular weight excluding hydrogens is 350 g/mol. The first-order valence-electron chi connectivity index (χ1n) is 8.57. The van der Waals surface area contributed by atoms with Crippen LogP contribution in [0.5, 0.6) is 0 Å². The zero-order valence-electron chi connectivity index (χ0n) is 14.6. The van der Waals surface area contributed by atoms with Gasteiger partial charge < -0.3 is 15.0 Å². The number of sulfonamides is 1. The molecule has 0 saturated carbocycles. The highest BCUT2D eigenvalue weighted by molar-refractivity contribution is 7.99. The Morgan fingerprint density at radius 2 is 2.00 bits per heavy atom. The van der Waals surface area contributed by atoms with E-state index >= 15 is 0 Å². The summed E-state index contributed by atoms with van der Waals surface area (Å²) in [6, 6.07) is 0.242. The van der Waals surface area contributed by atoms with Gasteiger partial charge in [-0.15, -0.1) is 0 Å². The van der Waals surface area contributed by atoms with Gasteiger partial charge in [-0.1, -0.05) is 0 Å². The molecule has 2 aliphatic rings. The molecular formula is C15H29N3O4S2. The first-order chi connectivity index (χ1) is 11.4. The number of rotatable bonds is 7. The lowest BCUT2D eigenvalue weighted by atomic mass is 10.2. The number of thioether (sulfide) groups is 1. The standard InChI is InChI=1S/C15H29N3O4S2/c1-13(2)22-8-10-24(20,21)18-6-4-17(5-7-18)15(19)11-14-12-23-9-3-16-14/h13-14,16H,3-12H2,1-2H3. The van der Waals surface area contributed by atoms with Crippen molar-refractivity contribution in [3.05, 3.63) is 0 Å². The van der Waals surface area contributed by atoms with Gasteiger partial charge in [0.1, 0.15) is 0 Å². The van der Waals surface area contributed by atoms with Crippen molar-refractivity contribution in [2.45, 2.75) is 32.4 Å². The maximum Gasteiger partial charge on any atom is 0.224 e. The molecule has 1 atom stereocenters. The van der Waals surface area contributed by atoms with Gasteiger partial charge in [0.2, 0.25) is 15.9 Å². The van der Waals surface area contributed by atoms with Crippen LogP contribution in [0.15, 0.2) is 0 Å². The predicted octanol–water partition coefficient (Wildman–Crippen LogP) is -0.0195. The number of ether oxygens (including phenoxy) is 1. The van der Waals surface area contributed by atoms with Gasteiger partial charge in [-0.2, -0.15) is 16.1 Å². The third-order valence-corrected chi connectivity index (χ3v) is 7.16. The molecule has 0 aromatic carbocycles. The molecule has 2 fully saturated rings. The van der Waals surface area contributed by atoms with E-state index in [-0.39, 0.29) is 30.4 Å². The average molecular weight is 380 g/mol. The minimum absolute atomic E-state index is 0.00233. The Bertz CT molecular complexity index is 499. The Balaban J connectivity index is 1.74. The van der Waals surface area contributed by atoms with E-state index in [2.05, 4.69) is 5.32 Å². The normalized spacial score (nSPS) is 23.6. The maximum atomic E-state index is 12.4. The average Bonchev–Trinajstić information content (AvgIpc) is 2.55. The lowest BCUT2D eigenvalue weighted by Gasteiger charge is -2.35. The molecule has 1 unspecified atom stereocenters. The van der Waals surface area contributed by atoms with E-state index in [1.165, 1.54) is 4.31 Å². The van der Waals surface area contributed by atoms with Crippen LogP contribution in [-0.2, 0) is 19.6 Å². The van der Waals surface area contributed by atoms with Gasteiger partial charge in [0.05, 0.1) is 18.5 Å². The molecule has 2 rings (SSSR count). The highest BCUT2D eigenvalue weighted by Crippen LogP contribution is 2.14. The number of hydrogen-bond acceptors (Lipinski definition) is 6. The summed E-state index contributed by atoms with van der Waals surface area (Å²) in [7, 11) is -3.30. The van der Waals surface area contributed by atoms with Crippen LogP contribution in [0.1, 0.15) is 20.3 Å². The fourth-order valence-corrected chi connectivity index (χ4v) is 5.06. The van der Waals surface area contributed by atoms with Gasteiger partial charge >= 0.3 is 0 Å². The van der Waals surface area contributed by atoms with Crippen LogP contribution < -0.4 is 5.32 Å². The Hall–Kier alpha value is -0.350. The van der Waals surface area contributed by atoms with Crippen LogP contribution in [-0.4, -0.2) is 92.3 Å². The first-order valence-corrected chi connectivity index (χ1v) is 11.3. The molecule has 140 valence electrons. The molecule has 0 spiro atoms. The van der Waals surface area contributed by atoms with Crippen LogP contribution >= 0.6 is 11.8 Å². The summed E-state index contributed by atoms with van der Waals surface area (Å²) in [6.45, 7) is 6.64. The third-order valence-electron chi connectivity index (χ3n) is 4.20. The van der Waals surface area contributed by atoms with E-state index in [1.54, 1.807) is 4.90 Å². The van der Waals surface area contributed by atoms with Crippen molar-refractivity contribution in [2.24, 2.45) is 0 Å². The van der Waals surface area contributed by atoms with Gasteiger partial charge in [0.25, 0.3) is 0 Å². The molecule has 1 amide bonds. The van der Waals surface area contributed by atoms with Crippen molar-refractivity contribution in [1.29, 1.82) is 0 Å². The second-order valence-corrected chi connectivity index (χ2v) is 9.68. The Labute approximate surface area is 149 Å². The molecule has 0 radical (unpaired) electrons. The highest BCUT2D eigenvalue weighted by atomic mass is 32.2. The fraction of sp³-hybridized carbons (Fsp3) is 0.933. The first kappa shape index (κ1) is 20.0. The lowest BCUT2D eigenvalue weighted by Crippen LogP contribution is -2.52. The second kappa shape index (κ2) is 9.38. The molecule has 0 aromatic rings. The van der Waals surface area contributed by atoms with Crippen molar-refractivity contribution in [2.75, 3.05) is 56.6 Å². The number of amides is 1. The molecule has 0 aliphatic carbocycles. The largest absolute Gasteiger partial charge is 0.378 e. The number of piperazine rings is 1. The monoisotopic (exact) mass is 379 g/mol. The van der Waals surface area contributed by atoms with E-state index in [0.29, 0.717) is 32.6 Å². The Kier molecular flexibility index (Phi) is 7.80. The summed E-state index contributed by atoms with van der Waals surface area (Å²) >= 11 is 1.87. The Morgan fingerprint density at radius 1 is 1.29 bits per heavy atom. The molecule has 2 saturated heterocycles. The minimum Gasteiger partial charge on any atom is -0.378 e. The molecule has 0 bridgehead atoms. The summed E-state index contributed by atoms with van der Waals surface area (Å²) in [4.78, 5) is 14.1. The second-order valence-electron chi connectivity index (χ2n) is 6.45. The van der Waals surface area contributed by atoms with Crippen LogP contribution in [0, 0.1) is 0 Å². The van der Waals surface area contributed by atoms with Crippen LogP contribution in [0.2, 0.25) is 0 Å². The molecule has 7 nitrogen and oxygen atoms in total. The zero-order chi connectivity index (χ0) is 17.6.